The van der Waals surface area contributed by atoms with Crippen molar-refractivity contribution in [2.75, 3.05) is 18.4 Å². The molecular weight excluding hydrogens is 450 g/mol. The third-order valence-electron chi connectivity index (χ3n) is 5.44. The smallest absolute Gasteiger partial charge is 0.276 e. The number of nitrogens with zero attached hydrogens (tertiary/aromatic N) is 6. The highest BCUT2D eigenvalue weighted by molar-refractivity contribution is 6.30. The van der Waals surface area contributed by atoms with E-state index in [1.807, 2.05) is 0 Å². The highest BCUT2D eigenvalue weighted by atomic mass is 35.5. The molecule has 2 aromatic heterocycles. The van der Waals surface area contributed by atoms with Crippen molar-refractivity contribution in [3.63, 3.8) is 0 Å². The number of carbonyl (C=O) groups is 2. The fourth-order valence-corrected chi connectivity index (χ4v) is 3.83. The zero-order valence-electron chi connectivity index (χ0n) is 17.6. The van der Waals surface area contributed by atoms with Crippen molar-refractivity contribution < 1.29 is 14.5 Å². The number of anilines is 1. The van der Waals surface area contributed by atoms with Gasteiger partial charge in [-0.1, -0.05) is 22.9 Å². The van der Waals surface area contributed by atoms with E-state index < -0.39 is 10.8 Å². The van der Waals surface area contributed by atoms with Crippen LogP contribution in [0.4, 0.5) is 11.5 Å². The van der Waals surface area contributed by atoms with Gasteiger partial charge in [-0.15, -0.1) is 5.10 Å². The predicted molar refractivity (Wildman–Crippen MR) is 119 cm³/mol. The van der Waals surface area contributed by atoms with Gasteiger partial charge in [0, 0.05) is 31.4 Å². The van der Waals surface area contributed by atoms with Gasteiger partial charge in [-0.3, -0.25) is 19.7 Å². The topological polar surface area (TPSA) is 136 Å². The standard InChI is InChI=1S/C21H20ClN7O4/c1-13-19(25-26-28(13)16-5-2-6-17(10-16)29(32)33)21(31)27-9-3-4-14(12-27)20(30)24-18-8-7-15(22)11-23-18/h2,5-8,10-11,14H,3-4,9,12H2,1H3,(H,23,24,30). The maximum atomic E-state index is 13.1. The Bertz CT molecular complexity index is 1210. The predicted octanol–water partition coefficient (Wildman–Crippen LogP) is 3.02. The number of piperidine rings is 1. The number of non-ortho nitro benzene ring substituents is 1. The van der Waals surface area contributed by atoms with Crippen molar-refractivity contribution in [2.45, 2.75) is 19.8 Å². The average Bonchev–Trinajstić information content (AvgIpc) is 3.21. The van der Waals surface area contributed by atoms with Crippen LogP contribution in [0, 0.1) is 23.0 Å². The highest BCUT2D eigenvalue weighted by Gasteiger charge is 2.31. The van der Waals surface area contributed by atoms with Gasteiger partial charge >= 0.3 is 0 Å². The Balaban J connectivity index is 1.48. The summed E-state index contributed by atoms with van der Waals surface area (Å²) in [6, 6.07) is 9.17. The normalized spacial score (nSPS) is 15.8. The van der Waals surface area contributed by atoms with Gasteiger partial charge in [-0.2, -0.15) is 0 Å². The number of aromatic nitrogens is 4. The third kappa shape index (κ3) is 4.82. The fourth-order valence-electron chi connectivity index (χ4n) is 3.71. The molecule has 11 nitrogen and oxygen atoms in total. The van der Waals surface area contributed by atoms with Crippen LogP contribution in [0.3, 0.4) is 0 Å². The van der Waals surface area contributed by atoms with E-state index in [0.29, 0.717) is 41.6 Å². The number of pyridine rings is 1. The molecule has 0 spiro atoms. The van der Waals surface area contributed by atoms with Gasteiger partial charge in [0.1, 0.15) is 5.82 Å². The molecular formula is C21H20ClN7O4. The summed E-state index contributed by atoms with van der Waals surface area (Å²) in [6.45, 7) is 2.40. The summed E-state index contributed by atoms with van der Waals surface area (Å²) in [6.07, 6.45) is 2.75. The first kappa shape index (κ1) is 22.3. The quantitative estimate of drug-likeness (QED) is 0.448. The van der Waals surface area contributed by atoms with Gasteiger partial charge in [0.05, 0.1) is 27.2 Å². The fraction of sp³-hybridized carbons (Fsp3) is 0.286. The minimum Gasteiger partial charge on any atom is -0.336 e. The van der Waals surface area contributed by atoms with Crippen LogP contribution in [-0.4, -0.2) is 54.7 Å². The molecule has 1 saturated heterocycles. The van der Waals surface area contributed by atoms with Crippen LogP contribution in [0.1, 0.15) is 29.0 Å². The van der Waals surface area contributed by atoms with E-state index in [-0.39, 0.29) is 29.7 Å². The van der Waals surface area contributed by atoms with Gasteiger partial charge in [0.2, 0.25) is 5.91 Å². The van der Waals surface area contributed by atoms with Crippen LogP contribution in [-0.2, 0) is 4.79 Å². The van der Waals surface area contributed by atoms with Crippen molar-refractivity contribution >= 4 is 34.9 Å². The van der Waals surface area contributed by atoms with E-state index >= 15 is 0 Å². The molecule has 1 N–H and O–H groups in total. The number of rotatable bonds is 5. The van der Waals surface area contributed by atoms with E-state index in [9.17, 15) is 19.7 Å². The lowest BCUT2D eigenvalue weighted by atomic mass is 9.96. The number of likely N-dealkylation sites (tertiary alicyclic amines) is 1. The van der Waals surface area contributed by atoms with Crippen LogP contribution in [0.5, 0.6) is 0 Å². The second-order valence-electron chi connectivity index (χ2n) is 7.65. The molecule has 1 aromatic carbocycles. The zero-order chi connectivity index (χ0) is 23.5. The van der Waals surface area contributed by atoms with Crippen LogP contribution < -0.4 is 5.32 Å². The number of nitrogens with one attached hydrogen (secondary N) is 1. The van der Waals surface area contributed by atoms with Gasteiger partial charge in [0.25, 0.3) is 11.6 Å². The van der Waals surface area contributed by atoms with Crippen LogP contribution in [0.25, 0.3) is 5.69 Å². The van der Waals surface area contributed by atoms with Gasteiger partial charge in [-0.05, 0) is 38.0 Å². The average molecular weight is 470 g/mol. The Hall–Kier alpha value is -3.86. The molecule has 0 radical (unpaired) electrons. The Morgan fingerprint density at radius 2 is 2.09 bits per heavy atom. The maximum absolute atomic E-state index is 13.1. The number of nitro benzene ring substituents is 1. The molecule has 0 bridgehead atoms. The summed E-state index contributed by atoms with van der Waals surface area (Å²) in [5.74, 6) is -0.568. The summed E-state index contributed by atoms with van der Waals surface area (Å²) in [7, 11) is 0. The van der Waals surface area contributed by atoms with Gasteiger partial charge in [-0.25, -0.2) is 9.67 Å². The van der Waals surface area contributed by atoms with Crippen LogP contribution in [0.15, 0.2) is 42.6 Å². The molecule has 1 atom stereocenters. The molecule has 2 amide bonds. The van der Waals surface area contributed by atoms with Crippen molar-refractivity contribution in [1.82, 2.24) is 24.9 Å². The number of hydrogen-bond acceptors (Lipinski definition) is 7. The third-order valence-corrected chi connectivity index (χ3v) is 5.66. The van der Waals surface area contributed by atoms with Crippen molar-refractivity contribution in [2.24, 2.45) is 5.92 Å². The first-order valence-corrected chi connectivity index (χ1v) is 10.6. The van der Waals surface area contributed by atoms with E-state index in [1.54, 1.807) is 36.1 Å². The first-order chi connectivity index (χ1) is 15.8. The minimum absolute atomic E-state index is 0.0876. The second kappa shape index (κ2) is 9.33. The first-order valence-electron chi connectivity index (χ1n) is 10.2. The summed E-state index contributed by atoms with van der Waals surface area (Å²) in [4.78, 5) is 42.0. The van der Waals surface area contributed by atoms with E-state index in [4.69, 9.17) is 11.6 Å². The molecule has 3 heterocycles. The molecule has 12 heteroatoms. The zero-order valence-corrected chi connectivity index (χ0v) is 18.4. The van der Waals surface area contributed by atoms with Crippen molar-refractivity contribution in [3.05, 3.63) is 69.1 Å². The van der Waals surface area contributed by atoms with E-state index in [0.717, 1.165) is 0 Å². The second-order valence-corrected chi connectivity index (χ2v) is 8.09. The summed E-state index contributed by atoms with van der Waals surface area (Å²) >= 11 is 5.82. The van der Waals surface area contributed by atoms with Gasteiger partial charge < -0.3 is 10.2 Å². The van der Waals surface area contributed by atoms with Crippen molar-refractivity contribution in [3.8, 4) is 5.69 Å². The number of carbonyl (C=O) groups excluding carboxylic acids is 2. The highest BCUT2D eigenvalue weighted by Crippen LogP contribution is 2.23. The Labute approximate surface area is 193 Å². The molecule has 1 fully saturated rings. The maximum Gasteiger partial charge on any atom is 0.276 e. The lowest BCUT2D eigenvalue weighted by molar-refractivity contribution is -0.384. The molecule has 1 unspecified atom stereocenters. The molecule has 0 saturated carbocycles. The molecule has 33 heavy (non-hydrogen) atoms. The monoisotopic (exact) mass is 469 g/mol. The molecule has 170 valence electrons. The number of hydrogen-bond donors (Lipinski definition) is 1. The summed E-state index contributed by atoms with van der Waals surface area (Å²) < 4.78 is 1.39. The molecule has 4 rings (SSSR count). The lowest BCUT2D eigenvalue weighted by Crippen LogP contribution is -2.44. The lowest BCUT2D eigenvalue weighted by Gasteiger charge is -2.31. The molecule has 1 aliphatic rings. The molecule has 1 aliphatic heterocycles. The van der Waals surface area contributed by atoms with Crippen molar-refractivity contribution in [1.29, 1.82) is 0 Å². The number of benzene rings is 1. The van der Waals surface area contributed by atoms with Gasteiger partial charge in [0.15, 0.2) is 5.69 Å². The summed E-state index contributed by atoms with van der Waals surface area (Å²) in [5.41, 5.74) is 0.939. The largest absolute Gasteiger partial charge is 0.336 e. The SMILES string of the molecule is Cc1c(C(=O)N2CCCC(C(=O)Nc3ccc(Cl)cn3)C2)nnn1-c1cccc([N+](=O)[O-])c1. The Morgan fingerprint density at radius 1 is 1.27 bits per heavy atom. The number of nitro groups is 1. The van der Waals surface area contributed by atoms with Crippen LogP contribution >= 0.6 is 11.6 Å². The van der Waals surface area contributed by atoms with Crippen LogP contribution in [0.2, 0.25) is 5.02 Å². The molecule has 3 aromatic rings. The number of amides is 2. The summed E-state index contributed by atoms with van der Waals surface area (Å²) in [5, 5.41) is 22.3. The number of halogens is 1. The molecule has 0 aliphatic carbocycles. The minimum atomic E-state index is -0.500. The Kier molecular flexibility index (Phi) is 6.31. The van der Waals surface area contributed by atoms with E-state index in [2.05, 4.69) is 20.6 Å². The van der Waals surface area contributed by atoms with E-state index in [1.165, 1.54) is 23.0 Å². The Morgan fingerprint density at radius 3 is 2.82 bits per heavy atom.